The zero-order valence-corrected chi connectivity index (χ0v) is 14.3. The summed E-state index contributed by atoms with van der Waals surface area (Å²) in [4.78, 5) is 16.4. The van der Waals surface area contributed by atoms with Crippen LogP contribution in [-0.4, -0.2) is 19.0 Å². The number of hydrogen-bond acceptors (Lipinski definition) is 4. The molecule has 0 aromatic heterocycles. The van der Waals surface area contributed by atoms with Crippen molar-refractivity contribution < 1.29 is 14.3 Å². The van der Waals surface area contributed by atoms with Crippen molar-refractivity contribution in [2.75, 3.05) is 7.11 Å². The van der Waals surface area contributed by atoms with Crippen molar-refractivity contribution in [1.29, 1.82) is 0 Å². The summed E-state index contributed by atoms with van der Waals surface area (Å²) in [5, 5.41) is 0. The number of carbonyl (C=O) groups excluding carboxylic acids is 1. The standard InChI is InChI=1S/C18H14BrNO3/c1-11-4-3-5-12(8-11)17-20-15(18(21)23-17)10-13-9-14(19)6-7-16(13)22-2/h3-10H,1-2H3. The minimum Gasteiger partial charge on any atom is -0.496 e. The molecule has 1 heterocycles. The van der Waals surface area contributed by atoms with Gasteiger partial charge in [0.1, 0.15) is 5.75 Å². The van der Waals surface area contributed by atoms with Crippen LogP contribution in [0.15, 0.2) is 57.6 Å². The second-order valence-electron chi connectivity index (χ2n) is 5.09. The Morgan fingerprint density at radius 3 is 2.78 bits per heavy atom. The van der Waals surface area contributed by atoms with E-state index in [4.69, 9.17) is 9.47 Å². The van der Waals surface area contributed by atoms with Crippen molar-refractivity contribution in [1.82, 2.24) is 0 Å². The SMILES string of the molecule is COc1ccc(Br)cc1C=C1N=C(c2cccc(C)c2)OC1=O. The molecule has 116 valence electrons. The van der Waals surface area contributed by atoms with Crippen molar-refractivity contribution in [3.63, 3.8) is 0 Å². The number of methoxy groups -OCH3 is 1. The lowest BCUT2D eigenvalue weighted by Gasteiger charge is -2.04. The highest BCUT2D eigenvalue weighted by Crippen LogP contribution is 2.27. The average Bonchev–Trinajstić information content (AvgIpc) is 2.89. The van der Waals surface area contributed by atoms with Crippen LogP contribution in [0.1, 0.15) is 16.7 Å². The van der Waals surface area contributed by atoms with Gasteiger partial charge in [0.25, 0.3) is 0 Å². The maximum absolute atomic E-state index is 12.1. The van der Waals surface area contributed by atoms with Crippen molar-refractivity contribution in [2.24, 2.45) is 4.99 Å². The first-order valence-electron chi connectivity index (χ1n) is 7.00. The Kier molecular flexibility index (Phi) is 4.30. The molecule has 0 unspecified atom stereocenters. The van der Waals surface area contributed by atoms with Crippen LogP contribution in [0.3, 0.4) is 0 Å². The van der Waals surface area contributed by atoms with Crippen LogP contribution in [0.5, 0.6) is 5.75 Å². The summed E-state index contributed by atoms with van der Waals surface area (Å²) in [5.74, 6) is 0.509. The molecule has 0 atom stereocenters. The van der Waals surface area contributed by atoms with E-state index in [-0.39, 0.29) is 5.70 Å². The Labute approximate surface area is 142 Å². The number of aliphatic imine (C=N–C) groups is 1. The van der Waals surface area contributed by atoms with Crippen LogP contribution in [0, 0.1) is 6.92 Å². The normalized spacial score (nSPS) is 15.5. The molecule has 3 rings (SSSR count). The minimum absolute atomic E-state index is 0.248. The highest BCUT2D eigenvalue weighted by Gasteiger charge is 2.24. The van der Waals surface area contributed by atoms with Crippen molar-refractivity contribution in [3.8, 4) is 5.75 Å². The fraction of sp³-hybridized carbons (Fsp3) is 0.111. The van der Waals surface area contributed by atoms with Gasteiger partial charge in [-0.05, 0) is 43.3 Å². The number of rotatable bonds is 3. The van der Waals surface area contributed by atoms with Crippen LogP contribution >= 0.6 is 15.9 Å². The molecule has 0 amide bonds. The van der Waals surface area contributed by atoms with Crippen molar-refractivity contribution in [2.45, 2.75) is 6.92 Å². The molecule has 0 N–H and O–H groups in total. The Hall–Kier alpha value is -2.40. The van der Waals surface area contributed by atoms with Gasteiger partial charge in [-0.2, -0.15) is 0 Å². The lowest BCUT2D eigenvalue weighted by molar-refractivity contribution is -0.129. The number of esters is 1. The summed E-state index contributed by atoms with van der Waals surface area (Å²) in [7, 11) is 1.58. The Bertz CT molecular complexity index is 840. The van der Waals surface area contributed by atoms with Crippen LogP contribution in [-0.2, 0) is 9.53 Å². The molecule has 0 bridgehead atoms. The zero-order chi connectivity index (χ0) is 16.4. The lowest BCUT2D eigenvalue weighted by Crippen LogP contribution is -2.05. The van der Waals surface area contributed by atoms with E-state index in [0.29, 0.717) is 11.6 Å². The quantitative estimate of drug-likeness (QED) is 0.602. The first kappa shape index (κ1) is 15.5. The van der Waals surface area contributed by atoms with Gasteiger partial charge in [-0.25, -0.2) is 9.79 Å². The summed E-state index contributed by atoms with van der Waals surface area (Å²) in [5.41, 5.74) is 2.86. The van der Waals surface area contributed by atoms with Gasteiger partial charge in [0.05, 0.1) is 7.11 Å². The molecule has 23 heavy (non-hydrogen) atoms. The fourth-order valence-corrected chi connectivity index (χ4v) is 2.65. The van der Waals surface area contributed by atoms with Gasteiger partial charge < -0.3 is 9.47 Å². The molecule has 5 heteroatoms. The first-order valence-corrected chi connectivity index (χ1v) is 7.79. The van der Waals surface area contributed by atoms with E-state index in [9.17, 15) is 4.79 Å². The van der Waals surface area contributed by atoms with Crippen LogP contribution < -0.4 is 4.74 Å². The number of aryl methyl sites for hydroxylation is 1. The van der Waals surface area contributed by atoms with Gasteiger partial charge in [-0.15, -0.1) is 0 Å². The smallest absolute Gasteiger partial charge is 0.363 e. The fourth-order valence-electron chi connectivity index (χ4n) is 2.28. The molecule has 2 aromatic carbocycles. The van der Waals surface area contributed by atoms with E-state index in [1.807, 2.05) is 49.4 Å². The molecular weight excluding hydrogens is 358 g/mol. The van der Waals surface area contributed by atoms with E-state index in [1.54, 1.807) is 13.2 Å². The second kappa shape index (κ2) is 6.38. The number of ether oxygens (including phenoxy) is 2. The molecule has 0 spiro atoms. The van der Waals surface area contributed by atoms with Crippen molar-refractivity contribution in [3.05, 3.63) is 69.3 Å². The minimum atomic E-state index is -0.469. The van der Waals surface area contributed by atoms with Crippen molar-refractivity contribution >= 4 is 33.9 Å². The number of carbonyl (C=O) groups is 1. The lowest BCUT2D eigenvalue weighted by atomic mass is 10.1. The Balaban J connectivity index is 2.00. The third-order valence-corrected chi connectivity index (χ3v) is 3.86. The number of benzene rings is 2. The van der Waals surface area contributed by atoms with Gasteiger partial charge >= 0.3 is 5.97 Å². The topological polar surface area (TPSA) is 47.9 Å². The van der Waals surface area contributed by atoms with Gasteiger partial charge in [-0.3, -0.25) is 0 Å². The first-order chi connectivity index (χ1) is 11.1. The summed E-state index contributed by atoms with van der Waals surface area (Å²) in [6.45, 7) is 1.98. The molecule has 0 saturated carbocycles. The Morgan fingerprint density at radius 2 is 2.04 bits per heavy atom. The number of cyclic esters (lactones) is 1. The van der Waals surface area contributed by atoms with Gasteiger partial charge in [0.2, 0.25) is 5.90 Å². The molecule has 0 aliphatic carbocycles. The number of halogens is 1. The maximum atomic E-state index is 12.1. The van der Waals surface area contributed by atoms with E-state index in [1.165, 1.54) is 0 Å². The second-order valence-corrected chi connectivity index (χ2v) is 6.01. The molecule has 4 nitrogen and oxygen atoms in total. The van der Waals surface area contributed by atoms with Gasteiger partial charge in [0, 0.05) is 15.6 Å². The Morgan fingerprint density at radius 1 is 1.22 bits per heavy atom. The maximum Gasteiger partial charge on any atom is 0.363 e. The van der Waals surface area contributed by atoms with E-state index in [0.717, 1.165) is 21.2 Å². The summed E-state index contributed by atoms with van der Waals surface area (Å²) >= 11 is 3.41. The molecule has 1 aliphatic rings. The summed E-state index contributed by atoms with van der Waals surface area (Å²) in [6.07, 6.45) is 1.66. The van der Waals surface area contributed by atoms with Crippen LogP contribution in [0.25, 0.3) is 6.08 Å². The third kappa shape index (κ3) is 3.35. The highest BCUT2D eigenvalue weighted by atomic mass is 79.9. The third-order valence-electron chi connectivity index (χ3n) is 3.37. The average molecular weight is 372 g/mol. The number of hydrogen-bond donors (Lipinski definition) is 0. The monoisotopic (exact) mass is 371 g/mol. The van der Waals surface area contributed by atoms with E-state index in [2.05, 4.69) is 20.9 Å². The number of nitrogens with zero attached hydrogens (tertiary/aromatic N) is 1. The van der Waals surface area contributed by atoms with E-state index < -0.39 is 5.97 Å². The summed E-state index contributed by atoms with van der Waals surface area (Å²) < 4.78 is 11.5. The molecular formula is C18H14BrNO3. The molecule has 0 radical (unpaired) electrons. The summed E-state index contributed by atoms with van der Waals surface area (Å²) in [6, 6.07) is 13.2. The van der Waals surface area contributed by atoms with Crippen LogP contribution in [0.2, 0.25) is 0 Å². The molecule has 0 fully saturated rings. The molecule has 0 saturated heterocycles. The predicted molar refractivity (Wildman–Crippen MR) is 92.5 cm³/mol. The molecule has 2 aromatic rings. The largest absolute Gasteiger partial charge is 0.496 e. The van der Waals surface area contributed by atoms with Gasteiger partial charge in [-0.1, -0.05) is 33.6 Å². The molecule has 1 aliphatic heterocycles. The van der Waals surface area contributed by atoms with E-state index >= 15 is 0 Å². The van der Waals surface area contributed by atoms with Crippen LogP contribution in [0.4, 0.5) is 0 Å². The zero-order valence-electron chi connectivity index (χ0n) is 12.7. The van der Waals surface area contributed by atoms with Gasteiger partial charge in [0.15, 0.2) is 5.70 Å². The highest BCUT2D eigenvalue weighted by molar-refractivity contribution is 9.10. The predicted octanol–water partition coefficient (Wildman–Crippen LogP) is 4.11.